The quantitative estimate of drug-likeness (QED) is 0.724. The van der Waals surface area contributed by atoms with Crippen LogP contribution in [0.3, 0.4) is 0 Å². The third-order valence-corrected chi connectivity index (χ3v) is 2.92. The van der Waals surface area contributed by atoms with E-state index < -0.39 is 0 Å². The smallest absolute Gasteiger partial charge is 0.251 e. The molecule has 104 valence electrons. The van der Waals surface area contributed by atoms with Gasteiger partial charge in [-0.25, -0.2) is 4.98 Å². The number of carbonyl (C=O) groups excluding carboxylic acids is 1. The molecule has 0 aliphatic heterocycles. The van der Waals surface area contributed by atoms with Crippen molar-refractivity contribution in [2.75, 3.05) is 24.1 Å². The molecular formula is C15H18N4O. The minimum atomic E-state index is -0.0552. The van der Waals surface area contributed by atoms with Crippen LogP contribution in [0, 0.1) is 6.92 Å². The van der Waals surface area contributed by atoms with E-state index >= 15 is 0 Å². The van der Waals surface area contributed by atoms with Crippen molar-refractivity contribution in [2.24, 2.45) is 0 Å². The number of amides is 1. The Morgan fingerprint density at radius 3 is 2.70 bits per heavy atom. The fourth-order valence-electron chi connectivity index (χ4n) is 1.82. The number of nitrogen functional groups attached to an aromatic ring is 1. The van der Waals surface area contributed by atoms with Gasteiger partial charge in [0.15, 0.2) is 0 Å². The molecule has 0 bridgehead atoms. The molecule has 1 amide bonds. The number of benzene rings is 1. The first-order valence-electron chi connectivity index (χ1n) is 6.46. The highest BCUT2D eigenvalue weighted by atomic mass is 16.1. The van der Waals surface area contributed by atoms with Gasteiger partial charge in [-0.1, -0.05) is 18.2 Å². The number of nitrogens with zero attached hydrogens (tertiary/aromatic N) is 1. The van der Waals surface area contributed by atoms with Gasteiger partial charge < -0.3 is 16.4 Å². The lowest BCUT2D eigenvalue weighted by molar-refractivity contribution is 0.0954. The van der Waals surface area contributed by atoms with E-state index in [-0.39, 0.29) is 5.91 Å². The molecule has 0 radical (unpaired) electrons. The van der Waals surface area contributed by atoms with Gasteiger partial charge in [0.1, 0.15) is 5.82 Å². The highest BCUT2D eigenvalue weighted by molar-refractivity contribution is 5.95. The van der Waals surface area contributed by atoms with Crippen LogP contribution in [0.2, 0.25) is 0 Å². The van der Waals surface area contributed by atoms with Crippen LogP contribution in [0.1, 0.15) is 15.9 Å². The van der Waals surface area contributed by atoms with E-state index in [4.69, 9.17) is 5.73 Å². The monoisotopic (exact) mass is 270 g/mol. The number of rotatable bonds is 5. The lowest BCUT2D eigenvalue weighted by Crippen LogP contribution is -2.29. The van der Waals surface area contributed by atoms with Gasteiger partial charge in [-0.15, -0.1) is 0 Å². The van der Waals surface area contributed by atoms with Gasteiger partial charge in [-0.3, -0.25) is 4.79 Å². The summed E-state index contributed by atoms with van der Waals surface area (Å²) in [5.74, 6) is 0.434. The number of pyridine rings is 1. The Labute approximate surface area is 118 Å². The van der Waals surface area contributed by atoms with Crippen LogP contribution in [-0.2, 0) is 0 Å². The molecule has 0 spiro atoms. The van der Waals surface area contributed by atoms with Crippen molar-refractivity contribution in [3.8, 4) is 0 Å². The summed E-state index contributed by atoms with van der Waals surface area (Å²) >= 11 is 0. The maximum absolute atomic E-state index is 12.0. The lowest BCUT2D eigenvalue weighted by atomic mass is 10.1. The molecule has 5 heteroatoms. The Bertz CT molecular complexity index is 581. The predicted octanol–water partition coefficient (Wildman–Crippen LogP) is 1.81. The van der Waals surface area contributed by atoms with Crippen molar-refractivity contribution in [1.82, 2.24) is 10.3 Å². The molecule has 0 aliphatic rings. The Morgan fingerprint density at radius 1 is 1.20 bits per heavy atom. The SMILES string of the molecule is Cc1ccccc1C(=O)NCCNc1ccc(N)nc1. The molecule has 5 nitrogen and oxygen atoms in total. The first-order chi connectivity index (χ1) is 9.66. The van der Waals surface area contributed by atoms with E-state index in [0.29, 0.717) is 24.5 Å². The molecule has 0 unspecified atom stereocenters. The second kappa shape index (κ2) is 6.56. The summed E-state index contributed by atoms with van der Waals surface area (Å²) in [6, 6.07) is 11.1. The summed E-state index contributed by atoms with van der Waals surface area (Å²) in [6.45, 7) is 3.09. The molecule has 0 atom stereocenters. The number of hydrogen-bond donors (Lipinski definition) is 3. The highest BCUT2D eigenvalue weighted by Gasteiger charge is 2.06. The van der Waals surface area contributed by atoms with Gasteiger partial charge in [-0.05, 0) is 30.7 Å². The zero-order chi connectivity index (χ0) is 14.4. The van der Waals surface area contributed by atoms with E-state index in [1.807, 2.05) is 37.3 Å². The fourth-order valence-corrected chi connectivity index (χ4v) is 1.82. The molecule has 20 heavy (non-hydrogen) atoms. The number of nitrogens with two attached hydrogens (primary N) is 1. The minimum absolute atomic E-state index is 0.0552. The van der Waals surface area contributed by atoms with Crippen LogP contribution < -0.4 is 16.4 Å². The standard InChI is InChI=1S/C15H18N4O/c1-11-4-2-3-5-13(11)15(20)18-9-8-17-12-6-7-14(16)19-10-12/h2-7,10,17H,8-9H2,1H3,(H2,16,19)(H,18,20). The van der Waals surface area contributed by atoms with Crippen molar-refractivity contribution >= 4 is 17.4 Å². The van der Waals surface area contributed by atoms with E-state index in [2.05, 4.69) is 15.6 Å². The van der Waals surface area contributed by atoms with Crippen LogP contribution in [0.15, 0.2) is 42.6 Å². The molecule has 1 aromatic carbocycles. The third kappa shape index (κ3) is 3.71. The fraction of sp³-hybridized carbons (Fsp3) is 0.200. The molecule has 2 aromatic rings. The molecule has 0 fully saturated rings. The van der Waals surface area contributed by atoms with Gasteiger partial charge in [0.05, 0.1) is 11.9 Å². The normalized spacial score (nSPS) is 10.1. The highest BCUT2D eigenvalue weighted by Crippen LogP contribution is 2.07. The average molecular weight is 270 g/mol. The maximum atomic E-state index is 12.0. The second-order valence-corrected chi connectivity index (χ2v) is 4.47. The molecule has 0 saturated carbocycles. The number of hydrogen-bond acceptors (Lipinski definition) is 4. The zero-order valence-electron chi connectivity index (χ0n) is 11.4. The summed E-state index contributed by atoms with van der Waals surface area (Å²) in [4.78, 5) is 15.9. The topological polar surface area (TPSA) is 80.0 Å². The van der Waals surface area contributed by atoms with Gasteiger partial charge in [0.25, 0.3) is 5.91 Å². The Hall–Kier alpha value is -2.56. The number of carbonyl (C=O) groups is 1. The molecule has 0 aliphatic carbocycles. The van der Waals surface area contributed by atoms with Crippen molar-refractivity contribution in [1.29, 1.82) is 0 Å². The van der Waals surface area contributed by atoms with E-state index in [1.54, 1.807) is 12.3 Å². The molecule has 2 rings (SSSR count). The van der Waals surface area contributed by atoms with E-state index in [0.717, 1.165) is 11.3 Å². The van der Waals surface area contributed by atoms with Crippen LogP contribution >= 0.6 is 0 Å². The van der Waals surface area contributed by atoms with Crippen LogP contribution in [0.25, 0.3) is 0 Å². The van der Waals surface area contributed by atoms with Crippen LogP contribution in [0.4, 0.5) is 11.5 Å². The molecule has 1 heterocycles. The number of aryl methyl sites for hydroxylation is 1. The summed E-state index contributed by atoms with van der Waals surface area (Å²) in [6.07, 6.45) is 1.67. The molecule has 1 aromatic heterocycles. The van der Waals surface area contributed by atoms with Gasteiger partial charge in [0.2, 0.25) is 0 Å². The first-order valence-corrected chi connectivity index (χ1v) is 6.46. The van der Waals surface area contributed by atoms with Gasteiger partial charge in [0, 0.05) is 18.7 Å². The molecule has 4 N–H and O–H groups in total. The summed E-state index contributed by atoms with van der Waals surface area (Å²) in [7, 11) is 0. The Kier molecular flexibility index (Phi) is 4.55. The molecule has 0 saturated heterocycles. The summed E-state index contributed by atoms with van der Waals surface area (Å²) in [5.41, 5.74) is 8.07. The first kappa shape index (κ1) is 13.9. The Balaban J connectivity index is 1.77. The van der Waals surface area contributed by atoms with Gasteiger partial charge >= 0.3 is 0 Å². The summed E-state index contributed by atoms with van der Waals surface area (Å²) < 4.78 is 0. The van der Waals surface area contributed by atoms with Crippen LogP contribution in [0.5, 0.6) is 0 Å². The van der Waals surface area contributed by atoms with Gasteiger partial charge in [-0.2, -0.15) is 0 Å². The third-order valence-electron chi connectivity index (χ3n) is 2.92. The van der Waals surface area contributed by atoms with Crippen molar-refractivity contribution < 1.29 is 4.79 Å². The number of nitrogens with one attached hydrogen (secondary N) is 2. The summed E-state index contributed by atoms with van der Waals surface area (Å²) in [5, 5.41) is 6.04. The minimum Gasteiger partial charge on any atom is -0.384 e. The zero-order valence-corrected chi connectivity index (χ0v) is 11.4. The Morgan fingerprint density at radius 2 is 2.00 bits per heavy atom. The van der Waals surface area contributed by atoms with Crippen molar-refractivity contribution in [2.45, 2.75) is 6.92 Å². The maximum Gasteiger partial charge on any atom is 0.251 e. The molecular weight excluding hydrogens is 252 g/mol. The van der Waals surface area contributed by atoms with E-state index in [1.165, 1.54) is 0 Å². The lowest BCUT2D eigenvalue weighted by Gasteiger charge is -2.09. The van der Waals surface area contributed by atoms with Crippen LogP contribution in [-0.4, -0.2) is 24.0 Å². The van der Waals surface area contributed by atoms with Crippen molar-refractivity contribution in [3.05, 3.63) is 53.7 Å². The second-order valence-electron chi connectivity index (χ2n) is 4.47. The van der Waals surface area contributed by atoms with Crippen molar-refractivity contribution in [3.63, 3.8) is 0 Å². The largest absolute Gasteiger partial charge is 0.384 e. The number of aromatic nitrogens is 1. The average Bonchev–Trinajstić information content (AvgIpc) is 2.46. The predicted molar refractivity (Wildman–Crippen MR) is 80.7 cm³/mol. The van der Waals surface area contributed by atoms with E-state index in [9.17, 15) is 4.79 Å². The number of anilines is 2.